The highest BCUT2D eigenvalue weighted by Crippen LogP contribution is 2.17. The molecule has 11 heavy (non-hydrogen) atoms. The van der Waals surface area contributed by atoms with Gasteiger partial charge in [0.1, 0.15) is 0 Å². The van der Waals surface area contributed by atoms with Crippen molar-refractivity contribution >= 4 is 11.3 Å². The van der Waals surface area contributed by atoms with Crippen LogP contribution in [-0.2, 0) is 6.54 Å². The molecule has 0 saturated carbocycles. The number of rotatable bonds is 2. The van der Waals surface area contributed by atoms with E-state index >= 15 is 0 Å². The summed E-state index contributed by atoms with van der Waals surface area (Å²) in [4.78, 5) is 14.6. The van der Waals surface area contributed by atoms with E-state index in [1.54, 1.807) is 0 Å². The summed E-state index contributed by atoms with van der Waals surface area (Å²) in [6.45, 7) is 4.53. The van der Waals surface area contributed by atoms with Crippen molar-refractivity contribution in [3.8, 4) is 0 Å². The predicted octanol–water partition coefficient (Wildman–Crippen LogP) is 1.02. The first kappa shape index (κ1) is 8.49. The van der Waals surface area contributed by atoms with Gasteiger partial charge in [0.15, 0.2) is 0 Å². The van der Waals surface area contributed by atoms with Crippen LogP contribution in [0.2, 0.25) is 0 Å². The maximum absolute atomic E-state index is 10.9. The number of aromatic nitrogens is 1. The molecule has 1 rings (SSSR count). The maximum atomic E-state index is 10.9. The van der Waals surface area contributed by atoms with Gasteiger partial charge in [0, 0.05) is 17.1 Å². The molecule has 3 nitrogen and oxygen atoms in total. The van der Waals surface area contributed by atoms with Crippen molar-refractivity contribution < 1.29 is 0 Å². The summed E-state index contributed by atoms with van der Waals surface area (Å²) in [5.74, 6) is 0.354. The van der Waals surface area contributed by atoms with Crippen LogP contribution < -0.4 is 10.6 Å². The smallest absolute Gasteiger partial charge is 0.304 e. The van der Waals surface area contributed by atoms with Crippen molar-refractivity contribution in [2.45, 2.75) is 26.3 Å². The van der Waals surface area contributed by atoms with Gasteiger partial charge in [-0.1, -0.05) is 25.2 Å². The fraction of sp³-hybridized carbons (Fsp3) is 0.571. The third-order valence-electron chi connectivity index (χ3n) is 1.52. The van der Waals surface area contributed by atoms with Crippen LogP contribution in [0, 0.1) is 0 Å². The van der Waals surface area contributed by atoms with Crippen LogP contribution in [0.5, 0.6) is 0 Å². The van der Waals surface area contributed by atoms with E-state index in [9.17, 15) is 4.79 Å². The summed E-state index contributed by atoms with van der Waals surface area (Å²) in [5, 5.41) is 0. The lowest BCUT2D eigenvalue weighted by atomic mass is 10.1. The summed E-state index contributed by atoms with van der Waals surface area (Å²) < 4.78 is 0. The lowest BCUT2D eigenvalue weighted by Gasteiger charge is -2.02. The number of nitrogens with one attached hydrogen (secondary N) is 1. The minimum absolute atomic E-state index is 0.00542. The molecule has 0 radical (unpaired) electrons. The molecule has 0 fully saturated rings. The van der Waals surface area contributed by atoms with Gasteiger partial charge in [0.05, 0.1) is 0 Å². The first-order valence-corrected chi connectivity index (χ1v) is 4.38. The van der Waals surface area contributed by atoms with E-state index < -0.39 is 0 Å². The van der Waals surface area contributed by atoms with Crippen LogP contribution in [0.3, 0.4) is 0 Å². The van der Waals surface area contributed by atoms with Crippen molar-refractivity contribution in [2.75, 3.05) is 0 Å². The third kappa shape index (κ3) is 1.70. The summed E-state index contributed by atoms with van der Waals surface area (Å²) >= 11 is 1.21. The van der Waals surface area contributed by atoms with Gasteiger partial charge >= 0.3 is 4.87 Å². The van der Waals surface area contributed by atoms with Crippen molar-refractivity contribution in [1.29, 1.82) is 0 Å². The average molecular weight is 172 g/mol. The summed E-state index contributed by atoms with van der Waals surface area (Å²) in [6, 6.07) is 0. The molecule has 0 aliphatic heterocycles. The van der Waals surface area contributed by atoms with Crippen molar-refractivity contribution in [2.24, 2.45) is 5.73 Å². The van der Waals surface area contributed by atoms with E-state index in [1.807, 2.05) is 13.8 Å². The second kappa shape index (κ2) is 3.19. The van der Waals surface area contributed by atoms with E-state index in [-0.39, 0.29) is 4.87 Å². The number of nitrogens with two attached hydrogens (primary N) is 1. The van der Waals surface area contributed by atoms with Gasteiger partial charge in [0.25, 0.3) is 0 Å². The highest BCUT2D eigenvalue weighted by atomic mass is 32.1. The van der Waals surface area contributed by atoms with Crippen LogP contribution >= 0.6 is 11.3 Å². The van der Waals surface area contributed by atoms with E-state index in [0.717, 1.165) is 10.6 Å². The second-order valence-corrected chi connectivity index (χ2v) is 3.78. The Kier molecular flexibility index (Phi) is 2.46. The van der Waals surface area contributed by atoms with Crippen molar-refractivity contribution in [3.63, 3.8) is 0 Å². The molecular formula is C7H12N2OS. The minimum atomic E-state index is -0.00542. The van der Waals surface area contributed by atoms with Gasteiger partial charge in [-0.3, -0.25) is 4.79 Å². The Bertz CT molecular complexity index is 287. The molecule has 0 aliphatic rings. The van der Waals surface area contributed by atoms with E-state index in [0.29, 0.717) is 12.5 Å². The highest BCUT2D eigenvalue weighted by Gasteiger charge is 2.08. The van der Waals surface area contributed by atoms with E-state index in [1.165, 1.54) is 11.3 Å². The Balaban J connectivity index is 3.12. The first-order chi connectivity index (χ1) is 5.15. The zero-order chi connectivity index (χ0) is 8.43. The Morgan fingerprint density at radius 2 is 2.27 bits per heavy atom. The van der Waals surface area contributed by atoms with Gasteiger partial charge in [-0.2, -0.15) is 0 Å². The molecule has 0 aliphatic carbocycles. The van der Waals surface area contributed by atoms with Gasteiger partial charge in [-0.15, -0.1) is 0 Å². The Hall–Kier alpha value is -0.610. The van der Waals surface area contributed by atoms with E-state index in [4.69, 9.17) is 5.73 Å². The number of aromatic amines is 1. The quantitative estimate of drug-likeness (QED) is 0.699. The lowest BCUT2D eigenvalue weighted by molar-refractivity contribution is 0.809. The van der Waals surface area contributed by atoms with E-state index in [2.05, 4.69) is 4.98 Å². The summed E-state index contributed by atoms with van der Waals surface area (Å²) in [5.41, 5.74) is 6.44. The zero-order valence-corrected chi connectivity index (χ0v) is 7.49. The van der Waals surface area contributed by atoms with Crippen molar-refractivity contribution in [3.05, 3.63) is 20.2 Å². The summed E-state index contributed by atoms with van der Waals surface area (Å²) in [6.07, 6.45) is 0. The zero-order valence-electron chi connectivity index (χ0n) is 6.68. The van der Waals surface area contributed by atoms with Crippen LogP contribution in [-0.4, -0.2) is 4.98 Å². The lowest BCUT2D eigenvalue weighted by Crippen LogP contribution is -2.00. The molecule has 0 bridgehead atoms. The molecule has 0 amide bonds. The van der Waals surface area contributed by atoms with Crippen LogP contribution in [0.15, 0.2) is 4.79 Å². The second-order valence-electron chi connectivity index (χ2n) is 2.71. The minimum Gasteiger partial charge on any atom is -0.326 e. The van der Waals surface area contributed by atoms with Crippen LogP contribution in [0.25, 0.3) is 0 Å². The average Bonchev–Trinajstić information content (AvgIpc) is 2.30. The number of thiazole rings is 1. The SMILES string of the molecule is CC(C)c1[nH]c(=O)sc1CN. The normalized spacial score (nSPS) is 10.9. The van der Waals surface area contributed by atoms with Crippen LogP contribution in [0.4, 0.5) is 0 Å². The molecule has 0 unspecified atom stereocenters. The Morgan fingerprint density at radius 1 is 1.64 bits per heavy atom. The molecule has 62 valence electrons. The fourth-order valence-corrected chi connectivity index (χ4v) is 1.85. The molecule has 0 aromatic carbocycles. The molecule has 0 saturated heterocycles. The monoisotopic (exact) mass is 172 g/mol. The molecule has 0 spiro atoms. The van der Waals surface area contributed by atoms with Gasteiger partial charge < -0.3 is 10.7 Å². The van der Waals surface area contributed by atoms with Gasteiger partial charge in [0.2, 0.25) is 0 Å². The highest BCUT2D eigenvalue weighted by molar-refractivity contribution is 7.09. The van der Waals surface area contributed by atoms with Gasteiger partial charge in [-0.05, 0) is 5.92 Å². The molecule has 4 heteroatoms. The standard InChI is InChI=1S/C7H12N2OS/c1-4(2)6-5(3-8)11-7(10)9-6/h4H,3,8H2,1-2H3,(H,9,10). The fourth-order valence-electron chi connectivity index (χ4n) is 0.990. The molecule has 0 atom stereocenters. The Labute approximate surface area is 69.3 Å². The number of hydrogen-bond acceptors (Lipinski definition) is 3. The molecule has 3 N–H and O–H groups in total. The summed E-state index contributed by atoms with van der Waals surface area (Å²) in [7, 11) is 0. The first-order valence-electron chi connectivity index (χ1n) is 3.57. The largest absolute Gasteiger partial charge is 0.326 e. The number of hydrogen-bond donors (Lipinski definition) is 2. The molecular weight excluding hydrogens is 160 g/mol. The predicted molar refractivity (Wildman–Crippen MR) is 46.9 cm³/mol. The third-order valence-corrected chi connectivity index (χ3v) is 2.44. The topological polar surface area (TPSA) is 58.9 Å². The Morgan fingerprint density at radius 3 is 2.64 bits per heavy atom. The molecule has 1 aromatic heterocycles. The molecule has 1 heterocycles. The molecule has 1 aromatic rings. The van der Waals surface area contributed by atoms with Crippen molar-refractivity contribution in [1.82, 2.24) is 4.98 Å². The maximum Gasteiger partial charge on any atom is 0.304 e. The number of H-pyrrole nitrogens is 1. The van der Waals surface area contributed by atoms with Crippen LogP contribution in [0.1, 0.15) is 30.3 Å². The van der Waals surface area contributed by atoms with Gasteiger partial charge in [-0.25, -0.2) is 0 Å².